The van der Waals surface area contributed by atoms with Crippen LogP contribution in [0.25, 0.3) is 10.4 Å². The second-order valence-corrected chi connectivity index (χ2v) is 7.40. The van der Waals surface area contributed by atoms with Crippen molar-refractivity contribution in [3.05, 3.63) is 41.0 Å². The van der Waals surface area contributed by atoms with E-state index in [4.69, 9.17) is 5.73 Å². The average molecular weight is 360 g/mol. The van der Waals surface area contributed by atoms with Crippen LogP contribution < -0.4 is 11.1 Å². The molecule has 2 rings (SSSR count). The summed E-state index contributed by atoms with van der Waals surface area (Å²) in [5.74, 6) is 0.350. The maximum absolute atomic E-state index is 12.1. The van der Waals surface area contributed by atoms with Crippen LogP contribution in [0.5, 0.6) is 0 Å². The number of carbonyl (C=O) groups is 1. The molecule has 136 valence electrons. The van der Waals surface area contributed by atoms with Crippen LogP contribution >= 0.6 is 11.3 Å². The molecule has 0 radical (unpaired) electrons. The monoisotopic (exact) mass is 359 g/mol. The molecular weight excluding hydrogens is 330 g/mol. The Hall–Kier alpha value is -1.72. The van der Waals surface area contributed by atoms with Crippen LogP contribution in [0.2, 0.25) is 0 Å². The normalized spacial score (nSPS) is 12.1. The van der Waals surface area contributed by atoms with Gasteiger partial charge in [-0.3, -0.25) is 4.79 Å². The predicted octanol–water partition coefficient (Wildman–Crippen LogP) is 4.25. The minimum Gasteiger partial charge on any atom is -0.356 e. The Morgan fingerprint density at radius 1 is 1.20 bits per heavy atom. The second-order valence-electron chi connectivity index (χ2n) is 6.55. The lowest BCUT2D eigenvalue weighted by molar-refractivity contribution is -0.121. The van der Waals surface area contributed by atoms with Gasteiger partial charge in [0.05, 0.1) is 16.1 Å². The van der Waals surface area contributed by atoms with Gasteiger partial charge in [0.25, 0.3) is 0 Å². The quantitative estimate of drug-likeness (QED) is 0.623. The van der Waals surface area contributed by atoms with E-state index in [-0.39, 0.29) is 11.8 Å². The SMILES string of the molecule is Cc1ncsc1-c1ccc([C@@H](C)CC(=O)NCCCCCCN)cc1. The van der Waals surface area contributed by atoms with Crippen molar-refractivity contribution in [1.82, 2.24) is 10.3 Å². The minimum atomic E-state index is 0.133. The largest absolute Gasteiger partial charge is 0.356 e. The van der Waals surface area contributed by atoms with E-state index in [2.05, 4.69) is 41.5 Å². The van der Waals surface area contributed by atoms with Crippen molar-refractivity contribution in [3.63, 3.8) is 0 Å². The van der Waals surface area contributed by atoms with Gasteiger partial charge in [-0.15, -0.1) is 11.3 Å². The second kappa shape index (κ2) is 10.3. The van der Waals surface area contributed by atoms with Crippen molar-refractivity contribution in [1.29, 1.82) is 0 Å². The van der Waals surface area contributed by atoms with E-state index in [0.717, 1.165) is 44.5 Å². The van der Waals surface area contributed by atoms with Crippen LogP contribution in [-0.2, 0) is 4.79 Å². The molecule has 0 spiro atoms. The zero-order valence-corrected chi connectivity index (χ0v) is 16.1. The maximum Gasteiger partial charge on any atom is 0.220 e. The van der Waals surface area contributed by atoms with Crippen LogP contribution in [0, 0.1) is 6.92 Å². The van der Waals surface area contributed by atoms with Gasteiger partial charge >= 0.3 is 0 Å². The first-order chi connectivity index (χ1) is 12.1. The molecule has 4 nitrogen and oxygen atoms in total. The van der Waals surface area contributed by atoms with Crippen molar-refractivity contribution < 1.29 is 4.79 Å². The number of aryl methyl sites for hydroxylation is 1. The molecule has 1 heterocycles. The Morgan fingerprint density at radius 2 is 1.92 bits per heavy atom. The summed E-state index contributed by atoms with van der Waals surface area (Å²) in [5.41, 5.74) is 10.8. The van der Waals surface area contributed by atoms with Gasteiger partial charge < -0.3 is 11.1 Å². The number of nitrogens with two attached hydrogens (primary N) is 1. The molecule has 1 aromatic heterocycles. The molecule has 1 amide bonds. The van der Waals surface area contributed by atoms with Gasteiger partial charge in [0, 0.05) is 13.0 Å². The molecule has 0 unspecified atom stereocenters. The highest BCUT2D eigenvalue weighted by Gasteiger charge is 2.12. The molecule has 25 heavy (non-hydrogen) atoms. The molecule has 0 aliphatic heterocycles. The fourth-order valence-electron chi connectivity index (χ4n) is 2.86. The lowest BCUT2D eigenvalue weighted by Crippen LogP contribution is -2.25. The van der Waals surface area contributed by atoms with Crippen LogP contribution in [0.3, 0.4) is 0 Å². The van der Waals surface area contributed by atoms with Crippen LogP contribution in [0.1, 0.15) is 56.2 Å². The predicted molar refractivity (Wildman–Crippen MR) is 106 cm³/mol. The van der Waals surface area contributed by atoms with Crippen molar-refractivity contribution in [2.24, 2.45) is 5.73 Å². The molecule has 3 N–H and O–H groups in total. The number of unbranched alkanes of at least 4 members (excludes halogenated alkanes) is 3. The molecule has 2 aromatic rings. The van der Waals surface area contributed by atoms with Gasteiger partial charge in [-0.05, 0) is 43.4 Å². The first-order valence-electron chi connectivity index (χ1n) is 9.09. The summed E-state index contributed by atoms with van der Waals surface area (Å²) in [6.45, 7) is 5.65. The zero-order valence-electron chi connectivity index (χ0n) is 15.3. The fraction of sp³-hybridized carbons (Fsp3) is 0.500. The number of nitrogens with zero attached hydrogens (tertiary/aromatic N) is 1. The molecule has 0 fully saturated rings. The van der Waals surface area contributed by atoms with Gasteiger partial charge in [0.15, 0.2) is 0 Å². The lowest BCUT2D eigenvalue weighted by atomic mass is 9.96. The van der Waals surface area contributed by atoms with E-state index in [1.54, 1.807) is 11.3 Å². The number of hydrogen-bond donors (Lipinski definition) is 2. The standard InChI is InChI=1S/C20H29N3OS/c1-15(13-19(24)22-12-6-4-3-5-11-21)17-7-9-18(10-8-17)20-16(2)23-14-25-20/h7-10,14-15H,3-6,11-13,21H2,1-2H3,(H,22,24)/t15-/m0/s1. The minimum absolute atomic E-state index is 0.133. The zero-order chi connectivity index (χ0) is 18.1. The van der Waals surface area contributed by atoms with Gasteiger partial charge in [-0.2, -0.15) is 0 Å². The number of thiazole rings is 1. The Kier molecular flexibility index (Phi) is 8.09. The average Bonchev–Trinajstić information content (AvgIpc) is 3.04. The highest BCUT2D eigenvalue weighted by Crippen LogP contribution is 2.29. The van der Waals surface area contributed by atoms with Gasteiger partial charge in [0.2, 0.25) is 5.91 Å². The van der Waals surface area contributed by atoms with Gasteiger partial charge in [-0.1, -0.05) is 44.0 Å². The molecular formula is C20H29N3OS. The smallest absolute Gasteiger partial charge is 0.220 e. The third-order valence-corrected chi connectivity index (χ3v) is 5.41. The highest BCUT2D eigenvalue weighted by molar-refractivity contribution is 7.13. The van der Waals surface area contributed by atoms with Gasteiger partial charge in [0.1, 0.15) is 0 Å². The fourth-order valence-corrected chi connectivity index (χ4v) is 3.67. The molecule has 0 aliphatic rings. The highest BCUT2D eigenvalue weighted by atomic mass is 32.1. The third-order valence-electron chi connectivity index (χ3n) is 4.43. The number of rotatable bonds is 10. The first-order valence-corrected chi connectivity index (χ1v) is 9.97. The Bertz CT molecular complexity index is 651. The number of aromatic nitrogens is 1. The molecule has 1 aromatic carbocycles. The van der Waals surface area contributed by atoms with E-state index in [1.165, 1.54) is 16.0 Å². The van der Waals surface area contributed by atoms with Crippen molar-refractivity contribution in [2.75, 3.05) is 13.1 Å². The Labute approximate surface area is 154 Å². The Balaban J connectivity index is 1.77. The van der Waals surface area contributed by atoms with Crippen molar-refractivity contribution in [2.45, 2.75) is 51.9 Å². The summed E-state index contributed by atoms with van der Waals surface area (Å²) in [5, 5.41) is 3.02. The first kappa shape index (κ1) is 19.6. The third kappa shape index (κ3) is 6.25. The molecule has 5 heteroatoms. The molecule has 0 aliphatic carbocycles. The van der Waals surface area contributed by atoms with E-state index in [0.29, 0.717) is 6.42 Å². The lowest BCUT2D eigenvalue weighted by Gasteiger charge is -2.13. The summed E-state index contributed by atoms with van der Waals surface area (Å²) >= 11 is 1.66. The molecule has 0 saturated heterocycles. The summed E-state index contributed by atoms with van der Waals surface area (Å²) in [7, 11) is 0. The number of nitrogens with one attached hydrogen (secondary N) is 1. The summed E-state index contributed by atoms with van der Waals surface area (Å²) in [6.07, 6.45) is 4.91. The number of benzene rings is 1. The van der Waals surface area contributed by atoms with Gasteiger partial charge in [-0.25, -0.2) is 4.98 Å². The van der Waals surface area contributed by atoms with Crippen LogP contribution in [0.4, 0.5) is 0 Å². The van der Waals surface area contributed by atoms with Crippen molar-refractivity contribution in [3.8, 4) is 10.4 Å². The van der Waals surface area contributed by atoms with Crippen LogP contribution in [0.15, 0.2) is 29.8 Å². The number of carbonyl (C=O) groups excluding carboxylic acids is 1. The summed E-state index contributed by atoms with van der Waals surface area (Å²) in [4.78, 5) is 17.6. The van der Waals surface area contributed by atoms with Crippen LogP contribution in [-0.4, -0.2) is 24.0 Å². The molecule has 0 saturated carbocycles. The molecule has 0 bridgehead atoms. The van der Waals surface area contributed by atoms with E-state index >= 15 is 0 Å². The van der Waals surface area contributed by atoms with E-state index < -0.39 is 0 Å². The van der Waals surface area contributed by atoms with E-state index in [9.17, 15) is 4.79 Å². The number of amides is 1. The topological polar surface area (TPSA) is 68.0 Å². The van der Waals surface area contributed by atoms with Crippen molar-refractivity contribution >= 4 is 17.2 Å². The van der Waals surface area contributed by atoms with E-state index in [1.807, 2.05) is 12.4 Å². The summed E-state index contributed by atoms with van der Waals surface area (Å²) in [6, 6.07) is 8.50. The number of hydrogen-bond acceptors (Lipinski definition) is 4. The Morgan fingerprint density at radius 3 is 2.56 bits per heavy atom. The molecule has 1 atom stereocenters. The maximum atomic E-state index is 12.1. The summed E-state index contributed by atoms with van der Waals surface area (Å²) < 4.78 is 0.